The highest BCUT2D eigenvalue weighted by Crippen LogP contribution is 2.41. The highest BCUT2D eigenvalue weighted by atomic mass is 16.5. The molecule has 0 aliphatic heterocycles. The van der Waals surface area contributed by atoms with Gasteiger partial charge in [0.2, 0.25) is 5.91 Å². The number of aliphatic imine (C=N–C) groups is 1. The van der Waals surface area contributed by atoms with E-state index in [1.165, 1.54) is 25.7 Å². The van der Waals surface area contributed by atoms with Crippen molar-refractivity contribution in [2.75, 3.05) is 32.8 Å². The zero-order chi connectivity index (χ0) is 19.3. The van der Waals surface area contributed by atoms with E-state index < -0.39 is 0 Å². The van der Waals surface area contributed by atoms with Crippen LogP contribution in [0.25, 0.3) is 0 Å². The Labute approximate surface area is 159 Å². The largest absolute Gasteiger partial charge is 0.382 e. The molecule has 0 saturated heterocycles. The number of ether oxygens (including phenoxy) is 1. The first-order valence-corrected chi connectivity index (χ1v) is 10.4. The SMILES string of the molecule is CCNC(=NCC1(CCOCC)CCCC1)NCCC(=O)NC(C)CC. The molecule has 0 radical (unpaired) electrons. The topological polar surface area (TPSA) is 74.8 Å². The van der Waals surface area contributed by atoms with Gasteiger partial charge in [-0.15, -0.1) is 0 Å². The molecular formula is C20H40N4O2. The number of carbonyl (C=O) groups excluding carboxylic acids is 1. The second-order valence-corrected chi connectivity index (χ2v) is 7.40. The molecule has 0 bridgehead atoms. The maximum atomic E-state index is 11.9. The first-order chi connectivity index (χ1) is 12.5. The molecule has 152 valence electrons. The van der Waals surface area contributed by atoms with Gasteiger partial charge in [-0.05, 0) is 51.9 Å². The number of nitrogens with zero attached hydrogens (tertiary/aromatic N) is 1. The van der Waals surface area contributed by atoms with E-state index in [2.05, 4.69) is 29.8 Å². The first kappa shape index (κ1) is 22.7. The molecule has 3 N–H and O–H groups in total. The van der Waals surface area contributed by atoms with Crippen LogP contribution in [0, 0.1) is 5.41 Å². The molecule has 1 saturated carbocycles. The van der Waals surface area contributed by atoms with Crippen LogP contribution in [0.4, 0.5) is 0 Å². The molecule has 1 aliphatic carbocycles. The highest BCUT2D eigenvalue weighted by Gasteiger charge is 2.33. The molecule has 1 aliphatic rings. The molecule has 1 atom stereocenters. The van der Waals surface area contributed by atoms with Crippen molar-refractivity contribution >= 4 is 11.9 Å². The van der Waals surface area contributed by atoms with Gasteiger partial charge in [0.05, 0.1) is 0 Å². The van der Waals surface area contributed by atoms with Crippen molar-refractivity contribution in [1.29, 1.82) is 0 Å². The van der Waals surface area contributed by atoms with Crippen molar-refractivity contribution in [3.05, 3.63) is 0 Å². The molecule has 1 rings (SSSR count). The van der Waals surface area contributed by atoms with E-state index >= 15 is 0 Å². The lowest BCUT2D eigenvalue weighted by molar-refractivity contribution is -0.121. The van der Waals surface area contributed by atoms with E-state index in [9.17, 15) is 4.79 Å². The minimum absolute atomic E-state index is 0.0895. The van der Waals surface area contributed by atoms with E-state index in [1.807, 2.05) is 13.8 Å². The summed E-state index contributed by atoms with van der Waals surface area (Å²) in [6.45, 7) is 12.1. The molecule has 1 amide bonds. The van der Waals surface area contributed by atoms with Crippen molar-refractivity contribution in [2.45, 2.75) is 78.7 Å². The third kappa shape index (κ3) is 8.88. The molecule has 0 spiro atoms. The monoisotopic (exact) mass is 368 g/mol. The Kier molecular flexibility index (Phi) is 11.3. The fourth-order valence-electron chi connectivity index (χ4n) is 3.38. The van der Waals surface area contributed by atoms with Gasteiger partial charge in [-0.25, -0.2) is 0 Å². The second-order valence-electron chi connectivity index (χ2n) is 7.40. The summed E-state index contributed by atoms with van der Waals surface area (Å²) in [7, 11) is 0. The standard InChI is InChI=1S/C20H40N4O2/c1-5-17(4)24-18(25)10-14-22-19(21-6-2)23-16-20(11-8-9-12-20)13-15-26-7-3/h17H,5-16H2,1-4H3,(H,24,25)(H2,21,22,23). The summed E-state index contributed by atoms with van der Waals surface area (Å²) in [4.78, 5) is 16.7. The summed E-state index contributed by atoms with van der Waals surface area (Å²) >= 11 is 0. The van der Waals surface area contributed by atoms with Crippen LogP contribution in [0.3, 0.4) is 0 Å². The predicted molar refractivity (Wildman–Crippen MR) is 109 cm³/mol. The Hall–Kier alpha value is -1.30. The molecule has 26 heavy (non-hydrogen) atoms. The van der Waals surface area contributed by atoms with Crippen molar-refractivity contribution in [2.24, 2.45) is 10.4 Å². The quantitative estimate of drug-likeness (QED) is 0.281. The molecule has 0 aromatic carbocycles. The first-order valence-electron chi connectivity index (χ1n) is 10.4. The van der Waals surface area contributed by atoms with Crippen LogP contribution in [0.1, 0.15) is 72.6 Å². The molecule has 0 heterocycles. The summed E-state index contributed by atoms with van der Waals surface area (Å²) in [5.74, 6) is 0.901. The number of amides is 1. The zero-order valence-corrected chi connectivity index (χ0v) is 17.3. The summed E-state index contributed by atoms with van der Waals surface area (Å²) in [5.41, 5.74) is 0.283. The average Bonchev–Trinajstić information content (AvgIpc) is 3.09. The van der Waals surface area contributed by atoms with Gasteiger partial charge in [0.1, 0.15) is 0 Å². The number of carbonyl (C=O) groups is 1. The molecule has 0 aromatic heterocycles. The summed E-state index contributed by atoms with van der Waals surface area (Å²) in [6, 6.07) is 0.233. The summed E-state index contributed by atoms with van der Waals surface area (Å²) in [5, 5.41) is 9.58. The van der Waals surface area contributed by atoms with Crippen molar-refractivity contribution < 1.29 is 9.53 Å². The molecule has 6 nitrogen and oxygen atoms in total. The fourth-order valence-corrected chi connectivity index (χ4v) is 3.38. The molecular weight excluding hydrogens is 328 g/mol. The lowest BCUT2D eigenvalue weighted by Gasteiger charge is -2.27. The van der Waals surface area contributed by atoms with Crippen LogP contribution in [0.5, 0.6) is 0 Å². The fraction of sp³-hybridized carbons (Fsp3) is 0.900. The van der Waals surface area contributed by atoms with E-state index in [1.54, 1.807) is 0 Å². The van der Waals surface area contributed by atoms with Crippen molar-refractivity contribution in [3.8, 4) is 0 Å². The minimum Gasteiger partial charge on any atom is -0.382 e. The van der Waals surface area contributed by atoms with Gasteiger partial charge in [-0.2, -0.15) is 0 Å². The minimum atomic E-state index is 0.0895. The lowest BCUT2D eigenvalue weighted by Crippen LogP contribution is -2.41. The van der Waals surface area contributed by atoms with E-state index in [0.717, 1.165) is 45.1 Å². The van der Waals surface area contributed by atoms with Gasteiger partial charge in [-0.3, -0.25) is 9.79 Å². The van der Waals surface area contributed by atoms with Crippen LogP contribution in [-0.2, 0) is 9.53 Å². The van der Waals surface area contributed by atoms with Gasteiger partial charge in [-0.1, -0.05) is 19.8 Å². The van der Waals surface area contributed by atoms with Gasteiger partial charge in [0, 0.05) is 45.3 Å². The average molecular weight is 369 g/mol. The van der Waals surface area contributed by atoms with Gasteiger partial charge >= 0.3 is 0 Å². The Morgan fingerprint density at radius 3 is 2.54 bits per heavy atom. The normalized spacial score (nSPS) is 17.8. The smallest absolute Gasteiger partial charge is 0.221 e. The maximum absolute atomic E-state index is 11.9. The predicted octanol–water partition coefficient (Wildman–Crippen LogP) is 2.83. The molecule has 6 heteroatoms. The number of nitrogens with one attached hydrogen (secondary N) is 3. The Balaban J connectivity index is 2.49. The van der Waals surface area contributed by atoms with Crippen molar-refractivity contribution in [1.82, 2.24) is 16.0 Å². The Morgan fingerprint density at radius 2 is 1.92 bits per heavy atom. The number of hydrogen-bond donors (Lipinski definition) is 3. The van der Waals surface area contributed by atoms with Crippen LogP contribution >= 0.6 is 0 Å². The second kappa shape index (κ2) is 13.0. The Morgan fingerprint density at radius 1 is 1.19 bits per heavy atom. The maximum Gasteiger partial charge on any atom is 0.221 e. The van der Waals surface area contributed by atoms with Crippen LogP contribution in [0.2, 0.25) is 0 Å². The highest BCUT2D eigenvalue weighted by molar-refractivity contribution is 5.81. The lowest BCUT2D eigenvalue weighted by atomic mass is 9.83. The van der Waals surface area contributed by atoms with Crippen LogP contribution < -0.4 is 16.0 Å². The summed E-state index contributed by atoms with van der Waals surface area (Å²) < 4.78 is 5.58. The number of rotatable bonds is 12. The van der Waals surface area contributed by atoms with E-state index in [-0.39, 0.29) is 17.4 Å². The number of guanidine groups is 1. The molecule has 1 unspecified atom stereocenters. The Bertz CT molecular complexity index is 420. The molecule has 0 aromatic rings. The number of hydrogen-bond acceptors (Lipinski definition) is 3. The zero-order valence-electron chi connectivity index (χ0n) is 17.3. The van der Waals surface area contributed by atoms with Crippen LogP contribution in [-0.4, -0.2) is 50.8 Å². The van der Waals surface area contributed by atoms with E-state index in [0.29, 0.717) is 13.0 Å². The molecule has 1 fully saturated rings. The van der Waals surface area contributed by atoms with Gasteiger partial charge in [0.25, 0.3) is 0 Å². The van der Waals surface area contributed by atoms with Gasteiger partial charge < -0.3 is 20.7 Å². The van der Waals surface area contributed by atoms with E-state index in [4.69, 9.17) is 9.73 Å². The van der Waals surface area contributed by atoms with Crippen molar-refractivity contribution in [3.63, 3.8) is 0 Å². The third-order valence-electron chi connectivity index (χ3n) is 5.23. The van der Waals surface area contributed by atoms with Crippen LogP contribution in [0.15, 0.2) is 4.99 Å². The third-order valence-corrected chi connectivity index (χ3v) is 5.23. The van der Waals surface area contributed by atoms with Gasteiger partial charge in [0.15, 0.2) is 5.96 Å². The summed E-state index contributed by atoms with van der Waals surface area (Å²) in [6.07, 6.45) is 7.56.